The van der Waals surface area contributed by atoms with Gasteiger partial charge in [0.15, 0.2) is 11.9 Å². The molecule has 0 spiro atoms. The Labute approximate surface area is 215 Å². The molecule has 37 heavy (non-hydrogen) atoms. The summed E-state index contributed by atoms with van der Waals surface area (Å²) < 4.78 is 22.0. The SMILES string of the molecule is COC(=O)[C@@H]1CC(OC(=O)c2cccc(C)c2)C(=O)[C@H]2[C@@]1(C)CC[C@H]1C(=O)O[C@H](c3ccoc3)C[C@]21C. The lowest BCUT2D eigenvalue weighted by Gasteiger charge is -2.61. The van der Waals surface area contributed by atoms with Crippen LogP contribution in [0.4, 0.5) is 0 Å². The fourth-order valence-corrected chi connectivity index (χ4v) is 7.23. The smallest absolute Gasteiger partial charge is 0.338 e. The Morgan fingerprint density at radius 1 is 1.11 bits per heavy atom. The van der Waals surface area contributed by atoms with Gasteiger partial charge in [0, 0.05) is 17.9 Å². The zero-order chi connectivity index (χ0) is 26.5. The largest absolute Gasteiger partial charge is 0.472 e. The number of cyclic esters (lactones) is 1. The first-order chi connectivity index (χ1) is 17.6. The molecule has 8 heteroatoms. The zero-order valence-corrected chi connectivity index (χ0v) is 21.5. The third-order valence-corrected chi connectivity index (χ3v) is 9.01. The molecule has 1 aliphatic heterocycles. The molecule has 1 aromatic carbocycles. The van der Waals surface area contributed by atoms with E-state index in [9.17, 15) is 19.2 Å². The van der Waals surface area contributed by atoms with Gasteiger partial charge in [-0.2, -0.15) is 0 Å². The number of Topliss-reactive ketones (excluding diaryl/α,β-unsaturated/α-hetero) is 1. The van der Waals surface area contributed by atoms with Crippen LogP contribution in [0.5, 0.6) is 0 Å². The van der Waals surface area contributed by atoms with Crippen LogP contribution < -0.4 is 0 Å². The number of methoxy groups -OCH3 is 1. The van der Waals surface area contributed by atoms with Gasteiger partial charge in [-0.25, -0.2) is 4.79 Å². The number of hydrogen-bond acceptors (Lipinski definition) is 8. The van der Waals surface area contributed by atoms with Crippen molar-refractivity contribution >= 4 is 23.7 Å². The van der Waals surface area contributed by atoms with E-state index in [0.29, 0.717) is 24.8 Å². The van der Waals surface area contributed by atoms with Gasteiger partial charge in [-0.15, -0.1) is 0 Å². The Bertz CT molecular complexity index is 1230. The number of ether oxygens (including phenoxy) is 3. The third-order valence-electron chi connectivity index (χ3n) is 9.01. The Hall–Kier alpha value is -3.42. The third kappa shape index (κ3) is 4.06. The van der Waals surface area contributed by atoms with E-state index in [4.69, 9.17) is 18.6 Å². The summed E-state index contributed by atoms with van der Waals surface area (Å²) >= 11 is 0. The van der Waals surface area contributed by atoms with Crippen molar-refractivity contribution in [3.63, 3.8) is 0 Å². The number of carbonyl (C=O) groups excluding carboxylic acids is 4. The van der Waals surface area contributed by atoms with Crippen molar-refractivity contribution in [1.82, 2.24) is 0 Å². The summed E-state index contributed by atoms with van der Waals surface area (Å²) in [5, 5.41) is 0. The van der Waals surface area contributed by atoms with Crippen LogP contribution in [-0.4, -0.2) is 36.9 Å². The average molecular weight is 509 g/mol. The molecule has 1 unspecified atom stereocenters. The minimum Gasteiger partial charge on any atom is -0.472 e. The first-order valence-corrected chi connectivity index (χ1v) is 12.7. The predicted molar refractivity (Wildman–Crippen MR) is 130 cm³/mol. The van der Waals surface area contributed by atoms with Gasteiger partial charge in [0.05, 0.1) is 37.0 Å². The van der Waals surface area contributed by atoms with Crippen molar-refractivity contribution in [1.29, 1.82) is 0 Å². The second-order valence-corrected chi connectivity index (χ2v) is 11.2. The van der Waals surface area contributed by atoms with Crippen LogP contribution in [0.2, 0.25) is 0 Å². The Kier molecular flexibility index (Phi) is 6.24. The maximum absolute atomic E-state index is 14.2. The Morgan fingerprint density at radius 3 is 2.57 bits per heavy atom. The summed E-state index contributed by atoms with van der Waals surface area (Å²) in [6.45, 7) is 5.73. The number of fused-ring (bicyclic) bond motifs is 3. The minimum atomic E-state index is -1.13. The normalized spacial score (nSPS) is 35.1. The lowest BCUT2D eigenvalue weighted by atomic mass is 9.43. The first kappa shape index (κ1) is 25.2. The minimum absolute atomic E-state index is 0.0480. The van der Waals surface area contributed by atoms with E-state index in [1.807, 2.05) is 26.8 Å². The van der Waals surface area contributed by atoms with Crippen LogP contribution >= 0.6 is 0 Å². The molecule has 3 aliphatic rings. The van der Waals surface area contributed by atoms with Crippen molar-refractivity contribution in [2.24, 2.45) is 28.6 Å². The standard InChI is InChI=1S/C29H32O8/c1-16-6-5-7-17(12-16)25(31)36-21-13-20(26(32)34-4)28(2)10-8-19-27(33)37-22(18-9-11-35-15-18)14-29(19,3)24(28)23(21)30/h5-7,9,11-12,15,19-22,24H,8,10,13-14H2,1-4H3/t19-,20-,21?,22-,24-,28-,29-/m0/s1. The molecule has 5 rings (SSSR count). The molecule has 0 N–H and O–H groups in total. The highest BCUT2D eigenvalue weighted by Gasteiger charge is 2.67. The van der Waals surface area contributed by atoms with Gasteiger partial charge in [-0.1, -0.05) is 31.5 Å². The quantitative estimate of drug-likeness (QED) is 0.435. The zero-order valence-electron chi connectivity index (χ0n) is 21.5. The fourth-order valence-electron chi connectivity index (χ4n) is 7.23. The second kappa shape index (κ2) is 9.15. The highest BCUT2D eigenvalue weighted by molar-refractivity contribution is 5.96. The molecule has 1 saturated heterocycles. The van der Waals surface area contributed by atoms with Crippen molar-refractivity contribution in [3.05, 3.63) is 59.5 Å². The van der Waals surface area contributed by atoms with Gasteiger partial charge in [0.25, 0.3) is 0 Å². The van der Waals surface area contributed by atoms with Crippen molar-refractivity contribution in [2.75, 3.05) is 7.11 Å². The molecule has 2 heterocycles. The summed E-state index contributed by atoms with van der Waals surface area (Å²) in [5.74, 6) is -3.57. The van der Waals surface area contributed by atoms with Crippen molar-refractivity contribution < 1.29 is 37.8 Å². The summed E-state index contributed by atoms with van der Waals surface area (Å²) in [6, 6.07) is 8.69. The van der Waals surface area contributed by atoms with E-state index in [1.165, 1.54) is 19.6 Å². The molecule has 0 bridgehead atoms. The molecule has 2 aromatic rings. The number of carbonyl (C=O) groups is 4. The molecule has 1 aromatic heterocycles. The molecule has 2 saturated carbocycles. The highest BCUT2D eigenvalue weighted by Crippen LogP contribution is 2.65. The lowest BCUT2D eigenvalue weighted by Crippen LogP contribution is -2.64. The van der Waals surface area contributed by atoms with Gasteiger partial charge in [0.2, 0.25) is 0 Å². The van der Waals surface area contributed by atoms with E-state index in [0.717, 1.165) is 11.1 Å². The molecule has 196 valence electrons. The van der Waals surface area contributed by atoms with Crippen molar-refractivity contribution in [2.45, 2.75) is 58.7 Å². The summed E-state index contributed by atoms with van der Waals surface area (Å²) in [5.41, 5.74) is 0.362. The van der Waals surface area contributed by atoms with Crippen LogP contribution in [-0.2, 0) is 28.6 Å². The fraction of sp³-hybridized carbons (Fsp3) is 0.517. The maximum Gasteiger partial charge on any atom is 0.338 e. The van der Waals surface area contributed by atoms with Gasteiger partial charge in [-0.3, -0.25) is 14.4 Å². The van der Waals surface area contributed by atoms with Crippen molar-refractivity contribution in [3.8, 4) is 0 Å². The average Bonchev–Trinajstić information content (AvgIpc) is 3.39. The summed E-state index contributed by atoms with van der Waals surface area (Å²) in [4.78, 5) is 53.6. The molecular weight excluding hydrogens is 476 g/mol. The number of ketones is 1. The van der Waals surface area contributed by atoms with E-state index in [1.54, 1.807) is 24.3 Å². The highest BCUT2D eigenvalue weighted by atomic mass is 16.6. The van der Waals surface area contributed by atoms with E-state index >= 15 is 0 Å². The van der Waals surface area contributed by atoms with Crippen LogP contribution in [0.3, 0.4) is 0 Å². The summed E-state index contributed by atoms with van der Waals surface area (Å²) in [6.07, 6.45) is 2.76. The number of hydrogen-bond donors (Lipinski definition) is 0. The van der Waals surface area contributed by atoms with Crippen LogP contribution in [0.15, 0.2) is 47.3 Å². The van der Waals surface area contributed by atoms with E-state index in [-0.39, 0.29) is 18.2 Å². The monoisotopic (exact) mass is 508 g/mol. The van der Waals surface area contributed by atoms with E-state index in [2.05, 4.69) is 0 Å². The summed E-state index contributed by atoms with van der Waals surface area (Å²) in [7, 11) is 1.32. The number of furan rings is 1. The number of rotatable bonds is 4. The molecule has 2 aliphatic carbocycles. The Morgan fingerprint density at radius 2 is 1.89 bits per heavy atom. The first-order valence-electron chi connectivity index (χ1n) is 12.7. The van der Waals surface area contributed by atoms with Crippen LogP contribution in [0.1, 0.15) is 67.1 Å². The number of benzene rings is 1. The van der Waals surface area contributed by atoms with Gasteiger partial charge >= 0.3 is 17.9 Å². The topological polar surface area (TPSA) is 109 Å². The van der Waals surface area contributed by atoms with Gasteiger partial charge in [-0.05, 0) is 55.2 Å². The van der Waals surface area contributed by atoms with Gasteiger partial charge in [0.1, 0.15) is 6.10 Å². The predicted octanol–water partition coefficient (Wildman–Crippen LogP) is 4.60. The van der Waals surface area contributed by atoms with Crippen LogP contribution in [0, 0.1) is 35.5 Å². The Balaban J connectivity index is 1.54. The second-order valence-electron chi connectivity index (χ2n) is 11.2. The number of aryl methyl sites for hydroxylation is 1. The molecule has 0 amide bonds. The van der Waals surface area contributed by atoms with E-state index < -0.39 is 52.7 Å². The number of esters is 3. The maximum atomic E-state index is 14.2. The lowest BCUT2D eigenvalue weighted by molar-refractivity contribution is -0.208. The molecule has 7 atom stereocenters. The molecule has 0 radical (unpaired) electrons. The van der Waals surface area contributed by atoms with Gasteiger partial charge < -0.3 is 18.6 Å². The van der Waals surface area contributed by atoms with Crippen LogP contribution in [0.25, 0.3) is 0 Å². The molecular formula is C29H32O8. The molecule has 3 fully saturated rings. The molecule has 8 nitrogen and oxygen atoms in total.